The lowest BCUT2D eigenvalue weighted by Crippen LogP contribution is -2.21. The summed E-state index contributed by atoms with van der Waals surface area (Å²) in [7, 11) is 0. The number of anilines is 1. The quantitative estimate of drug-likeness (QED) is 0.719. The number of hydrogen-bond acceptors (Lipinski definition) is 5. The molecule has 2 aromatic carbocycles. The van der Waals surface area contributed by atoms with E-state index in [1.165, 1.54) is 24.3 Å². The standard InChI is InChI=1S/C20H15NO5/c21-10-1-4-13(16(7-10)20(24)25)19-14-5-2-11(22)8-17(14)26-18-9-12(23)3-6-15(18)19/h1-8,19,22H,9,21H2,(H,24,25). The lowest BCUT2D eigenvalue weighted by atomic mass is 9.78. The second-order valence-electron chi connectivity index (χ2n) is 6.26. The van der Waals surface area contributed by atoms with E-state index in [0.717, 1.165) is 5.57 Å². The van der Waals surface area contributed by atoms with Crippen LogP contribution in [0.1, 0.15) is 33.8 Å². The van der Waals surface area contributed by atoms with Gasteiger partial charge in [-0.3, -0.25) is 4.79 Å². The van der Waals surface area contributed by atoms with Gasteiger partial charge in [-0.15, -0.1) is 0 Å². The number of ether oxygens (including phenoxy) is 1. The number of aromatic carboxylic acids is 1. The maximum atomic E-state index is 11.8. The Morgan fingerprint density at radius 1 is 1.12 bits per heavy atom. The Hall–Kier alpha value is -3.54. The van der Waals surface area contributed by atoms with Crippen LogP contribution in [0, 0.1) is 0 Å². The topological polar surface area (TPSA) is 110 Å². The maximum absolute atomic E-state index is 11.8. The third-order valence-corrected chi connectivity index (χ3v) is 4.58. The number of fused-ring (bicyclic) bond motifs is 1. The third-order valence-electron chi connectivity index (χ3n) is 4.58. The molecule has 1 heterocycles. The molecule has 0 amide bonds. The van der Waals surface area contributed by atoms with Crippen molar-refractivity contribution in [3.63, 3.8) is 0 Å². The average Bonchev–Trinajstić information content (AvgIpc) is 2.59. The highest BCUT2D eigenvalue weighted by molar-refractivity contribution is 5.95. The van der Waals surface area contributed by atoms with Crippen LogP contribution in [0.5, 0.6) is 11.5 Å². The smallest absolute Gasteiger partial charge is 0.336 e. The Kier molecular flexibility index (Phi) is 3.54. The highest BCUT2D eigenvalue weighted by Crippen LogP contribution is 2.47. The molecule has 0 aromatic heterocycles. The Balaban J connectivity index is 1.98. The highest BCUT2D eigenvalue weighted by Gasteiger charge is 2.34. The summed E-state index contributed by atoms with van der Waals surface area (Å²) in [4.78, 5) is 23.6. The van der Waals surface area contributed by atoms with E-state index in [4.69, 9.17) is 10.5 Å². The molecule has 26 heavy (non-hydrogen) atoms. The molecule has 1 unspecified atom stereocenters. The highest BCUT2D eigenvalue weighted by atomic mass is 16.5. The van der Waals surface area contributed by atoms with E-state index < -0.39 is 11.9 Å². The predicted octanol–water partition coefficient (Wildman–Crippen LogP) is 2.98. The number of hydrogen-bond donors (Lipinski definition) is 3. The number of nitrogen functional groups attached to an aromatic ring is 1. The van der Waals surface area contributed by atoms with Gasteiger partial charge in [0.05, 0.1) is 12.0 Å². The molecule has 1 aliphatic carbocycles. The molecule has 2 aliphatic rings. The molecule has 4 rings (SSSR count). The number of rotatable bonds is 2. The van der Waals surface area contributed by atoms with Crippen LogP contribution < -0.4 is 10.5 Å². The molecule has 0 bridgehead atoms. The van der Waals surface area contributed by atoms with E-state index in [-0.39, 0.29) is 23.5 Å². The van der Waals surface area contributed by atoms with Crippen molar-refractivity contribution in [3.8, 4) is 11.5 Å². The van der Waals surface area contributed by atoms with Gasteiger partial charge in [-0.25, -0.2) is 4.79 Å². The zero-order chi connectivity index (χ0) is 18.4. The first-order valence-electron chi connectivity index (χ1n) is 8.01. The van der Waals surface area contributed by atoms with Crippen molar-refractivity contribution in [2.45, 2.75) is 12.3 Å². The molecule has 0 radical (unpaired) electrons. The van der Waals surface area contributed by atoms with Crippen LogP contribution in [0.15, 0.2) is 59.9 Å². The number of allylic oxidation sites excluding steroid dienone is 4. The van der Waals surface area contributed by atoms with Gasteiger partial charge in [-0.2, -0.15) is 0 Å². The van der Waals surface area contributed by atoms with Crippen LogP contribution in [-0.2, 0) is 4.79 Å². The summed E-state index contributed by atoms with van der Waals surface area (Å²) >= 11 is 0. The summed E-state index contributed by atoms with van der Waals surface area (Å²) in [5, 5.41) is 19.4. The van der Waals surface area contributed by atoms with Crippen LogP contribution in [0.2, 0.25) is 0 Å². The largest absolute Gasteiger partial charge is 0.508 e. The van der Waals surface area contributed by atoms with Crippen molar-refractivity contribution in [1.82, 2.24) is 0 Å². The number of carboxylic acid groups (broad SMARTS) is 1. The number of nitrogens with two attached hydrogens (primary N) is 1. The number of aromatic hydroxyl groups is 1. The summed E-state index contributed by atoms with van der Waals surface area (Å²) in [5.74, 6) is -0.719. The van der Waals surface area contributed by atoms with Gasteiger partial charge >= 0.3 is 5.97 Å². The molecule has 0 saturated heterocycles. The van der Waals surface area contributed by atoms with Gasteiger partial charge in [0, 0.05) is 28.8 Å². The number of phenolic OH excluding ortho intramolecular Hbond substituents is 1. The molecule has 4 N–H and O–H groups in total. The van der Waals surface area contributed by atoms with E-state index in [1.807, 2.05) is 0 Å². The van der Waals surface area contributed by atoms with E-state index in [1.54, 1.807) is 24.3 Å². The second kappa shape index (κ2) is 5.77. The zero-order valence-corrected chi connectivity index (χ0v) is 13.6. The van der Waals surface area contributed by atoms with Crippen LogP contribution in [0.25, 0.3) is 0 Å². The Bertz CT molecular complexity index is 1020. The first-order valence-corrected chi connectivity index (χ1v) is 8.01. The lowest BCUT2D eigenvalue weighted by molar-refractivity contribution is -0.114. The lowest BCUT2D eigenvalue weighted by Gasteiger charge is -2.32. The van der Waals surface area contributed by atoms with Crippen LogP contribution >= 0.6 is 0 Å². The Morgan fingerprint density at radius 3 is 2.65 bits per heavy atom. The third kappa shape index (κ3) is 2.52. The van der Waals surface area contributed by atoms with Gasteiger partial charge in [0.25, 0.3) is 0 Å². The fourth-order valence-electron chi connectivity index (χ4n) is 3.44. The zero-order valence-electron chi connectivity index (χ0n) is 13.6. The molecule has 1 aliphatic heterocycles. The fraction of sp³-hybridized carbons (Fsp3) is 0.100. The Morgan fingerprint density at radius 2 is 1.88 bits per heavy atom. The van der Waals surface area contributed by atoms with E-state index in [2.05, 4.69) is 0 Å². The van der Waals surface area contributed by atoms with Gasteiger partial charge in [-0.1, -0.05) is 18.2 Å². The summed E-state index contributed by atoms with van der Waals surface area (Å²) in [6, 6.07) is 9.44. The van der Waals surface area contributed by atoms with Crippen molar-refractivity contribution in [2.75, 3.05) is 5.73 Å². The van der Waals surface area contributed by atoms with Crippen LogP contribution in [0.3, 0.4) is 0 Å². The summed E-state index contributed by atoms with van der Waals surface area (Å²) in [5.41, 5.74) is 8.21. The monoisotopic (exact) mass is 349 g/mol. The molecule has 0 saturated carbocycles. The van der Waals surface area contributed by atoms with E-state index in [9.17, 15) is 19.8 Å². The SMILES string of the molecule is Nc1ccc(C2C3=C(CC(=O)C=C3)Oc3cc(O)ccc32)c(C(=O)O)c1. The van der Waals surface area contributed by atoms with Gasteiger partial charge < -0.3 is 20.7 Å². The van der Waals surface area contributed by atoms with Gasteiger partial charge in [-0.05, 0) is 29.8 Å². The molecule has 1 atom stereocenters. The Labute approximate surface area is 148 Å². The van der Waals surface area contributed by atoms with Crippen molar-refractivity contribution >= 4 is 17.4 Å². The fourth-order valence-corrected chi connectivity index (χ4v) is 3.44. The van der Waals surface area contributed by atoms with Crippen molar-refractivity contribution in [3.05, 3.63) is 76.6 Å². The number of carboxylic acids is 1. The normalized spacial score (nSPS) is 18.2. The minimum atomic E-state index is -1.09. The number of carbonyl (C=O) groups excluding carboxylic acids is 1. The predicted molar refractivity (Wildman–Crippen MR) is 94.2 cm³/mol. The second-order valence-corrected chi connectivity index (χ2v) is 6.26. The first-order chi connectivity index (χ1) is 12.4. The van der Waals surface area contributed by atoms with E-state index in [0.29, 0.717) is 28.3 Å². The molecule has 2 aromatic rings. The van der Waals surface area contributed by atoms with Crippen molar-refractivity contribution in [1.29, 1.82) is 0 Å². The number of ketones is 1. The van der Waals surface area contributed by atoms with Crippen LogP contribution in [0.4, 0.5) is 5.69 Å². The summed E-state index contributed by atoms with van der Waals surface area (Å²) < 4.78 is 5.84. The van der Waals surface area contributed by atoms with Crippen molar-refractivity contribution in [2.24, 2.45) is 0 Å². The summed E-state index contributed by atoms with van der Waals surface area (Å²) in [6.45, 7) is 0. The summed E-state index contributed by atoms with van der Waals surface area (Å²) in [6.07, 6.45) is 3.23. The molecule has 130 valence electrons. The molecule has 6 heteroatoms. The van der Waals surface area contributed by atoms with E-state index >= 15 is 0 Å². The molecule has 6 nitrogen and oxygen atoms in total. The molecular formula is C20H15NO5. The van der Waals surface area contributed by atoms with Gasteiger partial charge in [0.15, 0.2) is 5.78 Å². The van der Waals surface area contributed by atoms with Gasteiger partial charge in [0.1, 0.15) is 17.3 Å². The number of benzene rings is 2. The molecule has 0 spiro atoms. The average molecular weight is 349 g/mol. The first kappa shape index (κ1) is 16.0. The molecule has 0 fully saturated rings. The number of carbonyl (C=O) groups is 2. The number of phenols is 1. The maximum Gasteiger partial charge on any atom is 0.336 e. The van der Waals surface area contributed by atoms with Gasteiger partial charge in [0.2, 0.25) is 0 Å². The molecular weight excluding hydrogens is 334 g/mol. The van der Waals surface area contributed by atoms with Crippen LogP contribution in [-0.4, -0.2) is 22.0 Å². The van der Waals surface area contributed by atoms with Crippen molar-refractivity contribution < 1.29 is 24.5 Å². The minimum absolute atomic E-state index is 0.0278. The minimum Gasteiger partial charge on any atom is -0.508 e.